The third-order valence-corrected chi connectivity index (χ3v) is 5.34. The van der Waals surface area contributed by atoms with Crippen molar-refractivity contribution in [2.75, 3.05) is 33.3 Å². The maximum absolute atomic E-state index is 12.7. The highest BCUT2D eigenvalue weighted by molar-refractivity contribution is 5.75. The van der Waals surface area contributed by atoms with Gasteiger partial charge >= 0.3 is 0 Å². The maximum atomic E-state index is 12.7. The number of methoxy groups -OCH3 is 1. The number of rotatable bonds is 8. The Hall–Kier alpha value is -3.20. The molecular formula is C21H26N6O3. The number of aromatic nitrogens is 4. The van der Waals surface area contributed by atoms with E-state index in [-0.39, 0.29) is 18.0 Å². The Balaban J connectivity index is 1.39. The van der Waals surface area contributed by atoms with Gasteiger partial charge in [0, 0.05) is 12.1 Å². The van der Waals surface area contributed by atoms with E-state index in [1.807, 2.05) is 24.3 Å². The molecule has 9 nitrogen and oxygen atoms in total. The molecule has 0 bridgehead atoms. The van der Waals surface area contributed by atoms with E-state index in [4.69, 9.17) is 4.74 Å². The van der Waals surface area contributed by atoms with Gasteiger partial charge in [0.25, 0.3) is 5.56 Å². The van der Waals surface area contributed by atoms with E-state index >= 15 is 0 Å². The number of hydrogen-bond acceptors (Lipinski definition) is 6. The molecule has 1 fully saturated rings. The van der Waals surface area contributed by atoms with Crippen LogP contribution >= 0.6 is 0 Å². The summed E-state index contributed by atoms with van der Waals surface area (Å²) in [7, 11) is 1.61. The molecule has 3 heterocycles. The van der Waals surface area contributed by atoms with Gasteiger partial charge in [-0.05, 0) is 69.2 Å². The maximum Gasteiger partial charge on any atom is 0.293 e. The molecule has 4 rings (SSSR count). The molecule has 3 aromatic rings. The number of nitrogens with one attached hydrogen (secondary N) is 1. The van der Waals surface area contributed by atoms with Gasteiger partial charge in [0.2, 0.25) is 5.91 Å². The summed E-state index contributed by atoms with van der Waals surface area (Å²) in [4.78, 5) is 27.4. The molecule has 1 aliphatic heterocycles. The zero-order valence-electron chi connectivity index (χ0n) is 17.1. The number of benzene rings is 1. The van der Waals surface area contributed by atoms with Crippen LogP contribution < -0.4 is 15.6 Å². The molecule has 0 saturated carbocycles. The lowest BCUT2D eigenvalue weighted by Crippen LogP contribution is -2.35. The standard InChI is InChI=1S/C21H26N6O3/c1-30-17-7-5-16(6-8-17)18-13-19-21(29)26(23-15-27(19)24-18)14-20(28)22-9-4-12-25-10-2-3-11-25/h5-8,13,15H,2-4,9-12,14H2,1H3,(H,22,28). The highest BCUT2D eigenvalue weighted by Crippen LogP contribution is 2.21. The van der Waals surface area contributed by atoms with Crippen molar-refractivity contribution in [3.63, 3.8) is 0 Å². The van der Waals surface area contributed by atoms with E-state index in [0.29, 0.717) is 17.8 Å². The third kappa shape index (κ3) is 4.51. The van der Waals surface area contributed by atoms with Crippen molar-refractivity contribution < 1.29 is 9.53 Å². The molecule has 0 spiro atoms. The van der Waals surface area contributed by atoms with Crippen LogP contribution in [0.5, 0.6) is 5.75 Å². The minimum Gasteiger partial charge on any atom is -0.497 e. The summed E-state index contributed by atoms with van der Waals surface area (Å²) < 4.78 is 7.78. The number of hydrogen-bond donors (Lipinski definition) is 1. The van der Waals surface area contributed by atoms with Gasteiger partial charge in [-0.25, -0.2) is 9.20 Å². The van der Waals surface area contributed by atoms with Gasteiger partial charge in [-0.1, -0.05) is 0 Å². The van der Waals surface area contributed by atoms with Crippen molar-refractivity contribution in [1.29, 1.82) is 0 Å². The van der Waals surface area contributed by atoms with E-state index in [1.54, 1.807) is 13.2 Å². The first-order valence-corrected chi connectivity index (χ1v) is 10.2. The molecular weight excluding hydrogens is 384 g/mol. The highest BCUT2D eigenvalue weighted by Gasteiger charge is 2.13. The summed E-state index contributed by atoms with van der Waals surface area (Å²) in [5, 5.41) is 11.4. The second-order valence-corrected chi connectivity index (χ2v) is 7.43. The predicted octanol–water partition coefficient (Wildman–Crippen LogP) is 1.17. The molecule has 1 saturated heterocycles. The number of ether oxygens (including phenoxy) is 1. The zero-order chi connectivity index (χ0) is 20.9. The summed E-state index contributed by atoms with van der Waals surface area (Å²) in [6.07, 6.45) is 4.88. The summed E-state index contributed by atoms with van der Waals surface area (Å²) >= 11 is 0. The lowest BCUT2D eigenvalue weighted by Gasteiger charge is -2.14. The van der Waals surface area contributed by atoms with Crippen LogP contribution in [0.3, 0.4) is 0 Å². The van der Waals surface area contributed by atoms with Gasteiger partial charge in [-0.2, -0.15) is 10.2 Å². The van der Waals surface area contributed by atoms with Crippen LogP contribution in [-0.2, 0) is 11.3 Å². The second kappa shape index (κ2) is 9.08. The summed E-state index contributed by atoms with van der Waals surface area (Å²) in [6, 6.07) is 9.13. The number of fused-ring (bicyclic) bond motifs is 1. The van der Waals surface area contributed by atoms with Crippen LogP contribution in [0.1, 0.15) is 19.3 Å². The van der Waals surface area contributed by atoms with E-state index in [0.717, 1.165) is 37.4 Å². The van der Waals surface area contributed by atoms with Crippen LogP contribution in [-0.4, -0.2) is 63.5 Å². The Morgan fingerprint density at radius 3 is 2.70 bits per heavy atom. The fourth-order valence-corrected chi connectivity index (χ4v) is 3.68. The van der Waals surface area contributed by atoms with Crippen LogP contribution in [0, 0.1) is 0 Å². The average Bonchev–Trinajstić information content (AvgIpc) is 3.43. The molecule has 1 aliphatic rings. The third-order valence-electron chi connectivity index (χ3n) is 5.34. The minimum atomic E-state index is -0.350. The first-order chi connectivity index (χ1) is 14.6. The Bertz CT molecular complexity index is 1070. The molecule has 9 heteroatoms. The number of likely N-dealkylation sites (tertiary alicyclic amines) is 1. The molecule has 0 unspecified atom stereocenters. The number of carbonyl (C=O) groups is 1. The molecule has 30 heavy (non-hydrogen) atoms. The molecule has 2 aromatic heterocycles. The van der Waals surface area contributed by atoms with E-state index in [2.05, 4.69) is 20.4 Å². The number of carbonyl (C=O) groups excluding carboxylic acids is 1. The Morgan fingerprint density at radius 1 is 1.20 bits per heavy atom. The topological polar surface area (TPSA) is 93.8 Å². The monoisotopic (exact) mass is 410 g/mol. The van der Waals surface area contributed by atoms with Crippen molar-refractivity contribution in [1.82, 2.24) is 29.6 Å². The smallest absolute Gasteiger partial charge is 0.293 e. The fraction of sp³-hybridized carbons (Fsp3) is 0.429. The van der Waals surface area contributed by atoms with Crippen LogP contribution in [0.4, 0.5) is 0 Å². The van der Waals surface area contributed by atoms with Crippen LogP contribution in [0.2, 0.25) is 0 Å². The van der Waals surface area contributed by atoms with Gasteiger partial charge in [-0.15, -0.1) is 0 Å². The molecule has 0 atom stereocenters. The van der Waals surface area contributed by atoms with Crippen molar-refractivity contribution >= 4 is 11.4 Å². The van der Waals surface area contributed by atoms with Crippen molar-refractivity contribution in [2.45, 2.75) is 25.8 Å². The lowest BCUT2D eigenvalue weighted by atomic mass is 10.1. The van der Waals surface area contributed by atoms with Gasteiger partial charge < -0.3 is 15.0 Å². The molecule has 158 valence electrons. The van der Waals surface area contributed by atoms with Crippen molar-refractivity contribution in [2.24, 2.45) is 0 Å². The zero-order valence-corrected chi connectivity index (χ0v) is 17.1. The quantitative estimate of drug-likeness (QED) is 0.561. The molecule has 1 aromatic carbocycles. The lowest BCUT2D eigenvalue weighted by molar-refractivity contribution is -0.121. The van der Waals surface area contributed by atoms with Gasteiger partial charge in [0.1, 0.15) is 24.1 Å². The second-order valence-electron chi connectivity index (χ2n) is 7.43. The summed E-state index contributed by atoms with van der Waals surface area (Å²) in [5.41, 5.74) is 1.54. The van der Waals surface area contributed by atoms with Gasteiger partial charge in [-0.3, -0.25) is 9.59 Å². The first-order valence-electron chi connectivity index (χ1n) is 10.2. The molecule has 0 aliphatic carbocycles. The van der Waals surface area contributed by atoms with Gasteiger partial charge in [0.15, 0.2) is 0 Å². The Morgan fingerprint density at radius 2 is 1.97 bits per heavy atom. The van der Waals surface area contributed by atoms with Crippen LogP contribution in [0.25, 0.3) is 16.8 Å². The SMILES string of the molecule is COc1ccc(-c2cc3c(=O)n(CC(=O)NCCCN4CCCC4)ncn3n2)cc1. The number of amides is 1. The normalized spacial score (nSPS) is 14.3. The first kappa shape index (κ1) is 20.1. The fourth-order valence-electron chi connectivity index (χ4n) is 3.68. The van der Waals surface area contributed by atoms with Crippen molar-refractivity contribution in [3.8, 4) is 17.0 Å². The molecule has 1 N–H and O–H groups in total. The summed E-state index contributed by atoms with van der Waals surface area (Å²) in [6.45, 7) is 3.78. The van der Waals surface area contributed by atoms with Crippen LogP contribution in [0.15, 0.2) is 41.5 Å². The Kier molecular flexibility index (Phi) is 6.08. The Labute approximate surface area is 174 Å². The molecule has 0 radical (unpaired) electrons. The van der Waals surface area contributed by atoms with E-state index in [9.17, 15) is 9.59 Å². The van der Waals surface area contributed by atoms with Crippen molar-refractivity contribution in [3.05, 3.63) is 47.0 Å². The van der Waals surface area contributed by atoms with E-state index < -0.39 is 0 Å². The highest BCUT2D eigenvalue weighted by atomic mass is 16.5. The average molecular weight is 410 g/mol. The predicted molar refractivity (Wildman–Crippen MR) is 113 cm³/mol. The number of nitrogens with zero attached hydrogens (tertiary/aromatic N) is 5. The largest absolute Gasteiger partial charge is 0.497 e. The van der Waals surface area contributed by atoms with E-state index in [1.165, 1.54) is 28.4 Å². The minimum absolute atomic E-state index is 0.109. The van der Waals surface area contributed by atoms with Gasteiger partial charge in [0.05, 0.1) is 12.8 Å². The summed E-state index contributed by atoms with van der Waals surface area (Å²) in [5.74, 6) is 0.531. The molecule has 1 amide bonds.